The summed E-state index contributed by atoms with van der Waals surface area (Å²) >= 11 is 0. The number of rotatable bonds is 5. The van der Waals surface area contributed by atoms with E-state index in [2.05, 4.69) is 17.6 Å². The lowest BCUT2D eigenvalue weighted by molar-refractivity contribution is -0.127. The summed E-state index contributed by atoms with van der Waals surface area (Å²) < 4.78 is 32.2. The molecule has 0 saturated carbocycles. The van der Waals surface area contributed by atoms with Crippen molar-refractivity contribution in [3.63, 3.8) is 0 Å². The number of methoxy groups -OCH3 is 1. The minimum atomic E-state index is -3.53. The highest BCUT2D eigenvalue weighted by Crippen LogP contribution is 2.25. The van der Waals surface area contributed by atoms with Crippen LogP contribution in [0.3, 0.4) is 0 Å². The molecular weight excluding hydrogens is 402 g/mol. The van der Waals surface area contributed by atoms with Crippen molar-refractivity contribution < 1.29 is 17.9 Å². The molecule has 3 rings (SSSR count). The number of carbonyl (C=O) groups excluding carboxylic acids is 1. The third-order valence-corrected chi connectivity index (χ3v) is 7.55. The van der Waals surface area contributed by atoms with Gasteiger partial charge in [-0.2, -0.15) is 4.31 Å². The molecule has 9 heteroatoms. The molecule has 0 aliphatic carbocycles. The highest BCUT2D eigenvalue weighted by atomic mass is 35.5. The molecule has 2 N–H and O–H groups in total. The second-order valence-electron chi connectivity index (χ2n) is 7.44. The third-order valence-electron chi connectivity index (χ3n) is 5.63. The molecule has 28 heavy (non-hydrogen) atoms. The third kappa shape index (κ3) is 5.17. The summed E-state index contributed by atoms with van der Waals surface area (Å²) in [6.45, 7) is 4.72. The van der Waals surface area contributed by atoms with E-state index in [4.69, 9.17) is 4.74 Å². The van der Waals surface area contributed by atoms with Gasteiger partial charge in [-0.3, -0.25) is 4.79 Å². The smallest absolute Gasteiger partial charge is 0.243 e. The van der Waals surface area contributed by atoms with Crippen molar-refractivity contribution in [1.29, 1.82) is 0 Å². The monoisotopic (exact) mass is 431 g/mol. The number of hydrogen-bond donors (Lipinski definition) is 2. The lowest BCUT2D eigenvalue weighted by atomic mass is 9.92. The fourth-order valence-corrected chi connectivity index (χ4v) is 5.25. The molecule has 1 aromatic carbocycles. The first-order chi connectivity index (χ1) is 12.9. The molecule has 2 fully saturated rings. The van der Waals surface area contributed by atoms with Crippen LogP contribution in [0.5, 0.6) is 5.75 Å². The number of halogens is 1. The van der Waals surface area contributed by atoms with Crippen LogP contribution in [0.4, 0.5) is 0 Å². The Morgan fingerprint density at radius 2 is 1.82 bits per heavy atom. The molecular formula is C19H30ClN3O4S. The summed E-state index contributed by atoms with van der Waals surface area (Å²) in [5.41, 5.74) is 0. The van der Waals surface area contributed by atoms with Gasteiger partial charge in [0.05, 0.1) is 12.0 Å². The van der Waals surface area contributed by atoms with E-state index in [1.54, 1.807) is 31.4 Å². The average molecular weight is 432 g/mol. The van der Waals surface area contributed by atoms with Crippen molar-refractivity contribution in [2.24, 2.45) is 11.8 Å². The van der Waals surface area contributed by atoms with E-state index in [0.717, 1.165) is 19.5 Å². The molecule has 1 aromatic rings. The minimum absolute atomic E-state index is 0. The Morgan fingerprint density at radius 1 is 1.18 bits per heavy atom. The number of piperidine rings is 2. The van der Waals surface area contributed by atoms with Crippen molar-refractivity contribution in [2.75, 3.05) is 33.3 Å². The van der Waals surface area contributed by atoms with E-state index in [0.29, 0.717) is 37.6 Å². The number of ether oxygens (including phenoxy) is 1. The largest absolute Gasteiger partial charge is 0.497 e. The van der Waals surface area contributed by atoms with Crippen molar-refractivity contribution in [2.45, 2.75) is 37.1 Å². The molecule has 2 heterocycles. The second-order valence-corrected chi connectivity index (χ2v) is 9.38. The quantitative estimate of drug-likeness (QED) is 0.739. The van der Waals surface area contributed by atoms with Crippen LogP contribution in [0.15, 0.2) is 29.2 Å². The van der Waals surface area contributed by atoms with Gasteiger partial charge < -0.3 is 15.4 Å². The molecule has 7 nitrogen and oxygen atoms in total. The van der Waals surface area contributed by atoms with Gasteiger partial charge in [0.25, 0.3) is 0 Å². The zero-order valence-electron chi connectivity index (χ0n) is 16.4. The molecule has 0 radical (unpaired) electrons. The summed E-state index contributed by atoms with van der Waals surface area (Å²) in [7, 11) is -1.99. The van der Waals surface area contributed by atoms with E-state index in [-0.39, 0.29) is 35.2 Å². The van der Waals surface area contributed by atoms with Crippen LogP contribution in [-0.4, -0.2) is 58.0 Å². The number of hydrogen-bond acceptors (Lipinski definition) is 5. The van der Waals surface area contributed by atoms with E-state index >= 15 is 0 Å². The van der Waals surface area contributed by atoms with Gasteiger partial charge in [0, 0.05) is 25.0 Å². The van der Waals surface area contributed by atoms with Crippen LogP contribution < -0.4 is 15.4 Å². The number of nitrogens with one attached hydrogen (secondary N) is 2. The van der Waals surface area contributed by atoms with Crippen LogP contribution >= 0.6 is 12.4 Å². The van der Waals surface area contributed by atoms with Crippen LogP contribution in [-0.2, 0) is 14.8 Å². The second kappa shape index (κ2) is 9.91. The highest BCUT2D eigenvalue weighted by molar-refractivity contribution is 7.89. The Labute approximate surface area is 173 Å². The van der Waals surface area contributed by atoms with Gasteiger partial charge in [-0.15, -0.1) is 12.4 Å². The lowest BCUT2D eigenvalue weighted by Gasteiger charge is -2.34. The predicted octanol–water partition coefficient (Wildman–Crippen LogP) is 1.63. The Morgan fingerprint density at radius 3 is 2.39 bits per heavy atom. The molecule has 0 spiro atoms. The zero-order valence-corrected chi connectivity index (χ0v) is 18.0. The maximum Gasteiger partial charge on any atom is 0.243 e. The number of carbonyl (C=O) groups is 1. The maximum atomic E-state index is 12.8. The summed E-state index contributed by atoms with van der Waals surface area (Å²) in [6, 6.07) is 6.62. The summed E-state index contributed by atoms with van der Waals surface area (Å²) in [6.07, 6.45) is 2.05. The molecule has 1 amide bonds. The van der Waals surface area contributed by atoms with E-state index in [9.17, 15) is 13.2 Å². The first kappa shape index (κ1) is 22.9. The molecule has 2 aliphatic rings. The standard InChI is InChI=1S/C19H29N3O4S.ClH/c1-14-13-20-10-7-18(14)21-19(23)15-8-11-22(12-9-15)27(24,25)17-5-3-16(26-2)4-6-17;/h3-6,14-15,18,20H,7-13H2,1-2H3,(H,21,23);1H. The van der Waals surface area contributed by atoms with Crippen LogP contribution in [0.2, 0.25) is 0 Å². The van der Waals surface area contributed by atoms with Gasteiger partial charge >= 0.3 is 0 Å². The molecule has 0 bridgehead atoms. The van der Waals surface area contributed by atoms with Gasteiger partial charge in [-0.1, -0.05) is 6.92 Å². The van der Waals surface area contributed by atoms with E-state index < -0.39 is 10.0 Å². The van der Waals surface area contributed by atoms with Gasteiger partial charge in [0.2, 0.25) is 15.9 Å². The van der Waals surface area contributed by atoms with Gasteiger partial charge in [0.15, 0.2) is 0 Å². The van der Waals surface area contributed by atoms with Crippen molar-refractivity contribution >= 4 is 28.3 Å². The van der Waals surface area contributed by atoms with Crippen LogP contribution in [0.25, 0.3) is 0 Å². The number of benzene rings is 1. The first-order valence-corrected chi connectivity index (χ1v) is 11.0. The molecule has 2 saturated heterocycles. The maximum absolute atomic E-state index is 12.8. The topological polar surface area (TPSA) is 87.7 Å². The fraction of sp³-hybridized carbons (Fsp3) is 0.632. The first-order valence-electron chi connectivity index (χ1n) is 9.57. The molecule has 2 unspecified atom stereocenters. The SMILES string of the molecule is COc1ccc(S(=O)(=O)N2CCC(C(=O)NC3CCNCC3C)CC2)cc1.Cl. The number of nitrogens with zero attached hydrogens (tertiary/aromatic N) is 1. The Bertz CT molecular complexity index is 749. The van der Waals surface area contributed by atoms with E-state index in [1.807, 2.05) is 0 Å². The summed E-state index contributed by atoms with van der Waals surface area (Å²) in [5.74, 6) is 0.986. The zero-order chi connectivity index (χ0) is 19.4. The van der Waals surface area contributed by atoms with Crippen LogP contribution in [0, 0.1) is 11.8 Å². The Balaban J connectivity index is 0.00000280. The summed E-state index contributed by atoms with van der Waals surface area (Å²) in [5, 5.41) is 6.51. The van der Waals surface area contributed by atoms with Crippen molar-refractivity contribution in [3.05, 3.63) is 24.3 Å². The minimum Gasteiger partial charge on any atom is -0.497 e. The molecule has 158 valence electrons. The predicted molar refractivity (Wildman–Crippen MR) is 110 cm³/mol. The average Bonchev–Trinajstić information content (AvgIpc) is 2.70. The van der Waals surface area contributed by atoms with Gasteiger partial charge in [-0.05, 0) is 62.5 Å². The fourth-order valence-electron chi connectivity index (χ4n) is 3.78. The normalized spacial score (nSPS) is 24.2. The molecule has 2 atom stereocenters. The van der Waals surface area contributed by atoms with Crippen molar-refractivity contribution in [3.8, 4) is 5.75 Å². The highest BCUT2D eigenvalue weighted by Gasteiger charge is 2.33. The molecule has 0 aromatic heterocycles. The summed E-state index contributed by atoms with van der Waals surface area (Å²) in [4.78, 5) is 12.9. The Kier molecular flexibility index (Phi) is 8.12. The van der Waals surface area contributed by atoms with Gasteiger partial charge in [-0.25, -0.2) is 8.42 Å². The van der Waals surface area contributed by atoms with E-state index in [1.165, 1.54) is 4.31 Å². The number of sulfonamides is 1. The lowest BCUT2D eigenvalue weighted by Crippen LogP contribution is -2.51. The number of amides is 1. The Hall–Kier alpha value is -1.35. The molecule has 2 aliphatic heterocycles. The van der Waals surface area contributed by atoms with Gasteiger partial charge in [0.1, 0.15) is 5.75 Å². The van der Waals surface area contributed by atoms with Crippen molar-refractivity contribution in [1.82, 2.24) is 14.9 Å². The van der Waals surface area contributed by atoms with Crippen LogP contribution in [0.1, 0.15) is 26.2 Å².